The first-order chi connectivity index (χ1) is 45.8. The van der Waals surface area contributed by atoms with Gasteiger partial charge in [0, 0.05) is 51.4 Å². The van der Waals surface area contributed by atoms with Crippen LogP contribution < -0.4 is 58.9 Å². The van der Waals surface area contributed by atoms with Crippen molar-refractivity contribution in [3.8, 4) is 17.2 Å². The Hall–Kier alpha value is -11.5. The number of nitrogens with one attached hydrogen (secondary N) is 10. The van der Waals surface area contributed by atoms with E-state index in [2.05, 4.69) is 53.2 Å². The molecular weight excluding hydrogens is 1290 g/mol. The molecule has 0 aromatic heterocycles. The Morgan fingerprint density at radius 1 is 0.361 bits per heavy atom. The molecule has 3 aromatic carbocycles. The molecule has 21 N–H and O–H groups in total. The summed E-state index contributed by atoms with van der Waals surface area (Å²) in [5.74, 6) is -21.9. The first kappa shape index (κ1) is 78.0. The minimum Gasteiger partial charge on any atom is -0.508 e. The number of aliphatic carboxylic acids is 6. The molecular formula is C61H77N11O25. The third-order valence-corrected chi connectivity index (χ3v) is 14.8. The number of nitrogens with two attached hydrogens (primary N) is 1. The quantitative estimate of drug-likeness (QED) is 0.0259. The molecule has 0 unspecified atom stereocenters. The number of hydrogen-bond donors (Lipinski definition) is 20. The second-order valence-electron chi connectivity index (χ2n) is 22.5. The molecule has 1 aliphatic rings. The van der Waals surface area contributed by atoms with Crippen LogP contribution >= 0.6 is 0 Å². The van der Waals surface area contributed by atoms with Gasteiger partial charge in [-0.05, 0) is 105 Å². The minimum absolute atomic E-state index is 0.174. The van der Waals surface area contributed by atoms with Crippen LogP contribution in [0.3, 0.4) is 0 Å². The van der Waals surface area contributed by atoms with E-state index in [0.29, 0.717) is 19.4 Å². The zero-order valence-corrected chi connectivity index (χ0v) is 51.9. The van der Waals surface area contributed by atoms with Gasteiger partial charge in [0.05, 0.1) is 12.5 Å². The van der Waals surface area contributed by atoms with Gasteiger partial charge in [0.25, 0.3) is 0 Å². The molecule has 1 fully saturated rings. The second kappa shape index (κ2) is 38.7. The summed E-state index contributed by atoms with van der Waals surface area (Å²) in [7, 11) is 0. The van der Waals surface area contributed by atoms with Crippen molar-refractivity contribution in [2.45, 2.75) is 163 Å². The molecule has 0 spiro atoms. The molecule has 0 radical (unpaired) electrons. The number of phenolic OH excluding ortho intramolecular Hbond substituents is 3. The van der Waals surface area contributed by atoms with Crippen molar-refractivity contribution in [3.05, 3.63) is 89.5 Å². The van der Waals surface area contributed by atoms with Gasteiger partial charge in [0.1, 0.15) is 71.6 Å². The van der Waals surface area contributed by atoms with E-state index in [4.69, 9.17) is 5.73 Å². The van der Waals surface area contributed by atoms with Crippen molar-refractivity contribution in [2.24, 2.45) is 5.73 Å². The lowest BCUT2D eigenvalue weighted by Gasteiger charge is -2.28. The largest absolute Gasteiger partial charge is 0.508 e. The van der Waals surface area contributed by atoms with Crippen LogP contribution in [0.25, 0.3) is 0 Å². The van der Waals surface area contributed by atoms with Crippen LogP contribution in [0.1, 0.15) is 100 Å². The highest BCUT2D eigenvalue weighted by Crippen LogP contribution is 2.18. The van der Waals surface area contributed by atoms with Gasteiger partial charge in [-0.1, -0.05) is 36.4 Å². The molecule has 0 bridgehead atoms. The number of carbonyl (C=O) groups is 16. The van der Waals surface area contributed by atoms with Crippen LogP contribution in [0.2, 0.25) is 0 Å². The van der Waals surface area contributed by atoms with E-state index in [1.807, 2.05) is 0 Å². The molecule has 0 aliphatic carbocycles. The van der Waals surface area contributed by atoms with Crippen LogP contribution in [0, 0.1) is 0 Å². The lowest BCUT2D eigenvalue weighted by Crippen LogP contribution is -2.61. The van der Waals surface area contributed by atoms with Gasteiger partial charge in [0.15, 0.2) is 0 Å². The van der Waals surface area contributed by atoms with E-state index in [1.165, 1.54) is 72.8 Å². The fourth-order valence-electron chi connectivity index (χ4n) is 9.67. The highest BCUT2D eigenvalue weighted by Gasteiger charge is 2.37. The maximum absolute atomic E-state index is 14.7. The molecule has 10 atom stereocenters. The van der Waals surface area contributed by atoms with Crippen molar-refractivity contribution in [1.29, 1.82) is 0 Å². The summed E-state index contributed by atoms with van der Waals surface area (Å²) in [5, 5.41) is 111. The Labute approximate surface area is 551 Å². The summed E-state index contributed by atoms with van der Waals surface area (Å²) in [4.78, 5) is 210. The predicted molar refractivity (Wildman–Crippen MR) is 330 cm³/mol. The average molecular weight is 1360 g/mol. The van der Waals surface area contributed by atoms with E-state index in [0.717, 1.165) is 0 Å². The lowest BCUT2D eigenvalue weighted by molar-refractivity contribution is -0.143. The molecule has 1 heterocycles. The molecule has 36 nitrogen and oxygen atoms in total. The lowest BCUT2D eigenvalue weighted by atomic mass is 10.0. The van der Waals surface area contributed by atoms with E-state index in [1.54, 1.807) is 0 Å². The van der Waals surface area contributed by atoms with Crippen molar-refractivity contribution in [3.63, 3.8) is 0 Å². The Kier molecular flexibility index (Phi) is 31.1. The van der Waals surface area contributed by atoms with Crippen LogP contribution in [0.5, 0.6) is 17.2 Å². The number of benzene rings is 3. The van der Waals surface area contributed by atoms with Crippen LogP contribution in [0.15, 0.2) is 72.8 Å². The number of amides is 10. The standard InChI is InChI=1S/C61H77N11O25/c62-46(76)29-45(72-52(87)36-2-1-25-63-36)60(95)67-37(15-20-47(77)78)53(88)64-38(16-21-48(79)80)54(89)69-42(26-30-3-9-33(73)10-4-30)57(92)65-39(17-22-49(81)82)55(90)70-43(27-31-5-11-34(74)12-6-31)58(93)66-40(18-23-50(83)84)56(91)71-44(28-32-7-13-35(75)14-8-32)59(94)68-41(61(96)97)19-24-51(85)86/h3-14,36-45,63,73-75H,1-2,15-29H2,(H2,62,76)(H,64,88)(H,65,92)(H,66,93)(H,67,95)(H,68,94)(H,69,89)(H,70,90)(H,71,91)(H,72,87)(H,77,78)(H,79,80)(H,81,82)(H,83,84)(H,85,86)(H,96,97)/t36-,37-,38-,39-,40-,41-,42-,43-,44-,45-/m0/s1. The summed E-state index contributed by atoms with van der Waals surface area (Å²) in [6.07, 6.45) is -9.12. The summed E-state index contributed by atoms with van der Waals surface area (Å²) in [6, 6.07) is -2.67. The second-order valence-corrected chi connectivity index (χ2v) is 22.5. The summed E-state index contributed by atoms with van der Waals surface area (Å²) in [5.41, 5.74) is 5.96. The monoisotopic (exact) mass is 1360 g/mol. The van der Waals surface area contributed by atoms with E-state index >= 15 is 0 Å². The van der Waals surface area contributed by atoms with Gasteiger partial charge in [-0.25, -0.2) is 4.79 Å². The topological polar surface area (TPSA) is 602 Å². The van der Waals surface area contributed by atoms with Gasteiger partial charge in [-0.2, -0.15) is 0 Å². The maximum atomic E-state index is 14.7. The smallest absolute Gasteiger partial charge is 0.326 e. The Balaban J connectivity index is 1.71. The van der Waals surface area contributed by atoms with Crippen molar-refractivity contribution in [2.75, 3.05) is 6.54 Å². The maximum Gasteiger partial charge on any atom is 0.326 e. The number of hydrogen-bond acceptors (Lipinski definition) is 20. The number of rotatable bonds is 42. The Bertz CT molecular complexity index is 3350. The van der Waals surface area contributed by atoms with Gasteiger partial charge >= 0.3 is 35.8 Å². The summed E-state index contributed by atoms with van der Waals surface area (Å²) in [6.45, 7) is 0.455. The highest BCUT2D eigenvalue weighted by atomic mass is 16.4. The molecule has 526 valence electrons. The molecule has 1 saturated heterocycles. The molecule has 36 heteroatoms. The molecule has 0 saturated carbocycles. The predicted octanol–water partition coefficient (Wildman–Crippen LogP) is -3.77. The SMILES string of the molecule is NC(=O)C[C@H](NC(=O)[C@@H]1CCCN1)C(=O)N[C@@H](CCC(=O)O)C(=O)N[C@@H](CCC(=O)O)C(=O)N[C@@H](Cc1ccc(O)cc1)C(=O)N[C@@H](CCC(=O)O)C(=O)N[C@@H](Cc1ccc(O)cc1)C(=O)N[C@@H](CCC(=O)O)C(=O)N[C@@H](Cc1ccc(O)cc1)C(=O)N[C@@H](CCC(=O)O)C(=O)O. The van der Waals surface area contributed by atoms with Crippen molar-refractivity contribution >= 4 is 94.9 Å². The fraction of sp³-hybridized carbons (Fsp3) is 0.443. The molecule has 3 aromatic rings. The zero-order valence-electron chi connectivity index (χ0n) is 51.9. The number of aromatic hydroxyl groups is 3. The van der Waals surface area contributed by atoms with Gasteiger partial charge in [-0.3, -0.25) is 71.9 Å². The van der Waals surface area contributed by atoms with Gasteiger partial charge in [-0.15, -0.1) is 0 Å². The van der Waals surface area contributed by atoms with Crippen LogP contribution in [0.4, 0.5) is 0 Å². The van der Waals surface area contributed by atoms with Crippen molar-refractivity contribution < 1.29 is 123 Å². The van der Waals surface area contributed by atoms with Gasteiger partial charge in [0.2, 0.25) is 59.1 Å². The molecule has 1 aliphatic heterocycles. The van der Waals surface area contributed by atoms with Crippen molar-refractivity contribution in [1.82, 2.24) is 53.2 Å². The number of carboxylic acid groups (broad SMARTS) is 6. The van der Waals surface area contributed by atoms with Crippen LogP contribution in [-0.2, 0) is 96.0 Å². The number of phenols is 3. The molecule has 97 heavy (non-hydrogen) atoms. The normalized spacial score (nSPS) is 15.2. The summed E-state index contributed by atoms with van der Waals surface area (Å²) < 4.78 is 0. The fourth-order valence-corrected chi connectivity index (χ4v) is 9.67. The third kappa shape index (κ3) is 28.3. The summed E-state index contributed by atoms with van der Waals surface area (Å²) >= 11 is 0. The number of carbonyl (C=O) groups excluding carboxylic acids is 10. The first-order valence-corrected chi connectivity index (χ1v) is 30.2. The van der Waals surface area contributed by atoms with E-state index in [9.17, 15) is 123 Å². The highest BCUT2D eigenvalue weighted by molar-refractivity contribution is 6.00. The van der Waals surface area contributed by atoms with Crippen LogP contribution in [-0.4, -0.2) is 208 Å². The first-order valence-electron chi connectivity index (χ1n) is 30.2. The number of carboxylic acids is 6. The minimum atomic E-state index is -1.99. The zero-order chi connectivity index (χ0) is 72.1. The Morgan fingerprint density at radius 2 is 0.608 bits per heavy atom. The Morgan fingerprint density at radius 3 is 0.856 bits per heavy atom. The molecule has 4 rings (SSSR count). The number of primary amides is 1. The molecule has 10 amide bonds. The average Bonchev–Trinajstić information content (AvgIpc) is 1.68. The van der Waals surface area contributed by atoms with E-state index < -0.39 is 245 Å². The van der Waals surface area contributed by atoms with Gasteiger partial charge < -0.3 is 105 Å². The van der Waals surface area contributed by atoms with E-state index in [-0.39, 0.29) is 33.9 Å². The third-order valence-electron chi connectivity index (χ3n) is 14.8.